The van der Waals surface area contributed by atoms with Crippen LogP contribution in [0.1, 0.15) is 12.8 Å². The molecule has 0 atom stereocenters. The molecule has 8 nitrogen and oxygen atoms in total. The topological polar surface area (TPSA) is 89.8 Å². The summed E-state index contributed by atoms with van der Waals surface area (Å²) in [5.41, 5.74) is 2.23. The third kappa shape index (κ3) is 3.64. The smallest absolute Gasteiger partial charge is 0.225 e. The summed E-state index contributed by atoms with van der Waals surface area (Å²) in [6.45, 7) is 2.04. The summed E-state index contributed by atoms with van der Waals surface area (Å²) in [6.07, 6.45) is 3.84. The highest BCUT2D eigenvalue weighted by Gasteiger charge is 2.15. The van der Waals surface area contributed by atoms with Crippen LogP contribution in [0.25, 0.3) is 16.9 Å². The Labute approximate surface area is 151 Å². The van der Waals surface area contributed by atoms with Gasteiger partial charge in [-0.05, 0) is 50.2 Å². The second-order valence-corrected chi connectivity index (χ2v) is 5.77. The SMILES string of the molecule is COc1ccc(-n2nnc3cnc(NC4CCNCC4)nc32)cc1.Cl. The molecule has 3 heterocycles. The summed E-state index contributed by atoms with van der Waals surface area (Å²) in [4.78, 5) is 8.97. The second-order valence-electron chi connectivity index (χ2n) is 5.77. The van der Waals surface area contributed by atoms with E-state index in [4.69, 9.17) is 4.74 Å². The van der Waals surface area contributed by atoms with Crippen molar-refractivity contribution >= 4 is 29.5 Å². The summed E-state index contributed by atoms with van der Waals surface area (Å²) >= 11 is 0. The average molecular weight is 362 g/mol. The number of piperidine rings is 1. The zero-order valence-corrected chi connectivity index (χ0v) is 14.7. The van der Waals surface area contributed by atoms with Crippen LogP contribution in [0.15, 0.2) is 30.5 Å². The second kappa shape index (κ2) is 7.62. The number of rotatable bonds is 4. The number of nitrogens with one attached hydrogen (secondary N) is 2. The number of hydrogen-bond donors (Lipinski definition) is 2. The van der Waals surface area contributed by atoms with E-state index in [-0.39, 0.29) is 12.4 Å². The van der Waals surface area contributed by atoms with Gasteiger partial charge in [-0.15, -0.1) is 17.5 Å². The van der Waals surface area contributed by atoms with Crippen molar-refractivity contribution in [1.29, 1.82) is 0 Å². The van der Waals surface area contributed by atoms with Gasteiger partial charge in [0, 0.05) is 6.04 Å². The van der Waals surface area contributed by atoms with Gasteiger partial charge in [0.15, 0.2) is 11.2 Å². The fourth-order valence-corrected chi connectivity index (χ4v) is 2.84. The molecule has 1 saturated heterocycles. The van der Waals surface area contributed by atoms with E-state index in [2.05, 4.69) is 30.9 Å². The molecule has 1 aliphatic heterocycles. The number of halogens is 1. The van der Waals surface area contributed by atoms with E-state index in [1.165, 1.54) is 0 Å². The number of nitrogens with zero attached hydrogens (tertiary/aromatic N) is 5. The van der Waals surface area contributed by atoms with Crippen LogP contribution in [0, 0.1) is 0 Å². The van der Waals surface area contributed by atoms with Crippen LogP contribution in [0.4, 0.5) is 5.95 Å². The fourth-order valence-electron chi connectivity index (χ4n) is 2.84. The molecule has 1 aliphatic rings. The standard InChI is InChI=1S/C16H19N7O.ClH/c1-24-13-4-2-12(3-5-13)23-15-14(21-22-23)10-18-16(20-15)19-11-6-8-17-9-7-11;/h2-5,10-11,17H,6-9H2,1H3,(H,18,19,20);1H. The lowest BCUT2D eigenvalue weighted by atomic mass is 10.1. The van der Waals surface area contributed by atoms with Crippen molar-refractivity contribution < 1.29 is 4.74 Å². The average Bonchev–Trinajstić information content (AvgIpc) is 3.06. The first-order valence-corrected chi connectivity index (χ1v) is 8.03. The first kappa shape index (κ1) is 17.4. The monoisotopic (exact) mass is 361 g/mol. The summed E-state index contributed by atoms with van der Waals surface area (Å²) in [5, 5.41) is 15.1. The number of methoxy groups -OCH3 is 1. The Kier molecular flexibility index (Phi) is 5.30. The first-order chi connectivity index (χ1) is 11.8. The third-order valence-electron chi connectivity index (χ3n) is 4.18. The van der Waals surface area contributed by atoms with E-state index < -0.39 is 0 Å². The molecule has 0 unspecified atom stereocenters. The van der Waals surface area contributed by atoms with E-state index in [0.717, 1.165) is 37.4 Å². The van der Waals surface area contributed by atoms with Gasteiger partial charge in [-0.25, -0.2) is 4.98 Å². The minimum absolute atomic E-state index is 0. The molecule has 1 fully saturated rings. The summed E-state index contributed by atoms with van der Waals surface area (Å²) < 4.78 is 6.90. The first-order valence-electron chi connectivity index (χ1n) is 8.03. The van der Waals surface area contributed by atoms with Gasteiger partial charge in [-0.1, -0.05) is 5.21 Å². The quantitative estimate of drug-likeness (QED) is 0.732. The van der Waals surface area contributed by atoms with Crippen LogP contribution >= 0.6 is 12.4 Å². The molecule has 0 radical (unpaired) electrons. The van der Waals surface area contributed by atoms with Crippen molar-refractivity contribution in [2.75, 3.05) is 25.5 Å². The molecular weight excluding hydrogens is 342 g/mol. The molecule has 132 valence electrons. The molecule has 0 bridgehead atoms. The maximum absolute atomic E-state index is 5.19. The van der Waals surface area contributed by atoms with Crippen LogP contribution < -0.4 is 15.4 Å². The zero-order chi connectivity index (χ0) is 16.4. The van der Waals surface area contributed by atoms with Gasteiger partial charge in [0.05, 0.1) is 19.0 Å². The van der Waals surface area contributed by atoms with Gasteiger partial charge in [0.2, 0.25) is 5.95 Å². The van der Waals surface area contributed by atoms with Crippen LogP contribution in [0.2, 0.25) is 0 Å². The Morgan fingerprint density at radius 2 is 1.96 bits per heavy atom. The minimum Gasteiger partial charge on any atom is -0.497 e. The highest BCUT2D eigenvalue weighted by molar-refractivity contribution is 5.85. The van der Waals surface area contributed by atoms with Crippen molar-refractivity contribution in [2.45, 2.75) is 18.9 Å². The molecule has 0 amide bonds. The number of ether oxygens (including phenoxy) is 1. The van der Waals surface area contributed by atoms with Gasteiger partial charge < -0.3 is 15.4 Å². The van der Waals surface area contributed by atoms with Gasteiger partial charge in [-0.2, -0.15) is 9.67 Å². The van der Waals surface area contributed by atoms with E-state index >= 15 is 0 Å². The highest BCUT2D eigenvalue weighted by Crippen LogP contribution is 2.19. The Balaban J connectivity index is 0.00000182. The van der Waals surface area contributed by atoms with Crippen LogP contribution in [-0.2, 0) is 0 Å². The van der Waals surface area contributed by atoms with Gasteiger partial charge >= 0.3 is 0 Å². The molecule has 25 heavy (non-hydrogen) atoms. The van der Waals surface area contributed by atoms with Crippen molar-refractivity contribution in [3.05, 3.63) is 30.5 Å². The number of anilines is 1. The van der Waals surface area contributed by atoms with Gasteiger partial charge in [0.25, 0.3) is 0 Å². The third-order valence-corrected chi connectivity index (χ3v) is 4.18. The molecule has 2 aromatic heterocycles. The largest absolute Gasteiger partial charge is 0.497 e. The van der Waals surface area contributed by atoms with Crippen molar-refractivity contribution in [3.63, 3.8) is 0 Å². The van der Waals surface area contributed by atoms with Crippen LogP contribution in [-0.4, -0.2) is 51.2 Å². The number of benzene rings is 1. The molecule has 1 aromatic carbocycles. The summed E-state index contributed by atoms with van der Waals surface area (Å²) in [6, 6.07) is 8.02. The summed E-state index contributed by atoms with van der Waals surface area (Å²) in [5.74, 6) is 1.41. The predicted molar refractivity (Wildman–Crippen MR) is 97.8 cm³/mol. The van der Waals surface area contributed by atoms with Gasteiger partial charge in [0.1, 0.15) is 5.75 Å². The maximum Gasteiger partial charge on any atom is 0.225 e. The number of fused-ring (bicyclic) bond motifs is 1. The van der Waals surface area contributed by atoms with Crippen molar-refractivity contribution in [2.24, 2.45) is 0 Å². The Hall–Kier alpha value is -2.45. The van der Waals surface area contributed by atoms with Crippen molar-refractivity contribution in [1.82, 2.24) is 30.3 Å². The lowest BCUT2D eigenvalue weighted by Gasteiger charge is -2.23. The summed E-state index contributed by atoms with van der Waals surface area (Å²) in [7, 11) is 1.64. The molecule has 4 rings (SSSR count). The zero-order valence-electron chi connectivity index (χ0n) is 13.8. The minimum atomic E-state index is 0. The van der Waals surface area contributed by atoms with Crippen LogP contribution in [0.5, 0.6) is 5.75 Å². The lowest BCUT2D eigenvalue weighted by molar-refractivity contribution is 0.414. The molecule has 3 aromatic rings. The van der Waals surface area contributed by atoms with E-state index in [1.54, 1.807) is 18.0 Å². The number of aromatic nitrogens is 5. The van der Waals surface area contributed by atoms with Gasteiger partial charge in [-0.3, -0.25) is 0 Å². The van der Waals surface area contributed by atoms with E-state index in [1.807, 2.05) is 24.3 Å². The van der Waals surface area contributed by atoms with Crippen molar-refractivity contribution in [3.8, 4) is 11.4 Å². The molecular formula is C16H20ClN7O. The van der Waals surface area contributed by atoms with Crippen LogP contribution in [0.3, 0.4) is 0 Å². The lowest BCUT2D eigenvalue weighted by Crippen LogP contribution is -2.35. The highest BCUT2D eigenvalue weighted by atomic mass is 35.5. The molecule has 9 heteroatoms. The van der Waals surface area contributed by atoms with E-state index in [9.17, 15) is 0 Å². The Morgan fingerprint density at radius 1 is 1.20 bits per heavy atom. The number of hydrogen-bond acceptors (Lipinski definition) is 7. The maximum atomic E-state index is 5.19. The fraction of sp³-hybridized carbons (Fsp3) is 0.375. The molecule has 2 N–H and O–H groups in total. The Morgan fingerprint density at radius 3 is 2.68 bits per heavy atom. The molecule has 0 aliphatic carbocycles. The molecule has 0 spiro atoms. The Bertz CT molecular complexity index is 830. The van der Waals surface area contributed by atoms with E-state index in [0.29, 0.717) is 23.2 Å². The molecule has 0 saturated carbocycles. The predicted octanol–water partition coefficient (Wildman–Crippen LogP) is 1.80. The normalized spacial score (nSPS) is 14.9.